The van der Waals surface area contributed by atoms with Crippen LogP contribution in [0.25, 0.3) is 0 Å². The van der Waals surface area contributed by atoms with Crippen molar-refractivity contribution in [2.24, 2.45) is 10.9 Å². The Hall–Kier alpha value is -2.77. The van der Waals surface area contributed by atoms with E-state index in [2.05, 4.69) is 9.73 Å². The Morgan fingerprint density at radius 1 is 1.22 bits per heavy atom. The number of esters is 2. The predicted molar refractivity (Wildman–Crippen MR) is 93.8 cm³/mol. The van der Waals surface area contributed by atoms with Gasteiger partial charge in [0.2, 0.25) is 0 Å². The van der Waals surface area contributed by atoms with Crippen LogP contribution in [0.5, 0.6) is 5.75 Å². The van der Waals surface area contributed by atoms with E-state index in [1.807, 2.05) is 0 Å². The zero-order chi connectivity index (χ0) is 20.1. The number of nitrogens with zero attached hydrogens (tertiary/aromatic N) is 1. The zero-order valence-corrected chi connectivity index (χ0v) is 15.5. The first-order chi connectivity index (χ1) is 12.8. The number of carbonyl (C=O) groups excluding carboxylic acids is 2. The third kappa shape index (κ3) is 4.32. The lowest BCUT2D eigenvalue weighted by atomic mass is 9.75. The Kier molecular flexibility index (Phi) is 6.65. The van der Waals surface area contributed by atoms with Crippen molar-refractivity contribution in [2.45, 2.75) is 33.3 Å². The molecule has 2 atom stereocenters. The molecule has 1 heterocycles. The lowest BCUT2D eigenvalue weighted by Gasteiger charge is -2.32. The van der Waals surface area contributed by atoms with Crippen LogP contribution in [0.3, 0.4) is 0 Å². The summed E-state index contributed by atoms with van der Waals surface area (Å²) in [5, 5.41) is 0. The van der Waals surface area contributed by atoms with Crippen LogP contribution in [0, 0.1) is 5.92 Å². The molecule has 6 nitrogen and oxygen atoms in total. The minimum atomic E-state index is -3.06. The highest BCUT2D eigenvalue weighted by Gasteiger charge is 2.43. The van der Waals surface area contributed by atoms with Gasteiger partial charge in [0.05, 0.1) is 19.3 Å². The predicted octanol–water partition coefficient (Wildman–Crippen LogP) is 3.47. The Balaban J connectivity index is 2.69. The van der Waals surface area contributed by atoms with Crippen LogP contribution in [0.2, 0.25) is 0 Å². The maximum absolute atomic E-state index is 12.9. The third-order valence-corrected chi connectivity index (χ3v) is 4.24. The fourth-order valence-corrected chi connectivity index (χ4v) is 3.23. The van der Waals surface area contributed by atoms with Gasteiger partial charge in [-0.05, 0) is 26.8 Å². The average Bonchev–Trinajstić information content (AvgIpc) is 2.60. The Labute approximate surface area is 155 Å². The van der Waals surface area contributed by atoms with Crippen molar-refractivity contribution in [3.05, 3.63) is 41.1 Å². The molecule has 0 N–H and O–H groups in total. The van der Waals surface area contributed by atoms with E-state index < -0.39 is 30.4 Å². The van der Waals surface area contributed by atoms with Gasteiger partial charge in [-0.2, -0.15) is 8.78 Å². The van der Waals surface area contributed by atoms with Gasteiger partial charge in [0, 0.05) is 22.9 Å². The van der Waals surface area contributed by atoms with Crippen LogP contribution >= 0.6 is 0 Å². The van der Waals surface area contributed by atoms with E-state index in [0.717, 1.165) is 0 Å². The van der Waals surface area contributed by atoms with Crippen molar-refractivity contribution < 1.29 is 32.6 Å². The number of alkyl halides is 2. The molecular formula is C19H21F2NO5. The number of allylic oxidation sites excluding steroid dienone is 1. The van der Waals surface area contributed by atoms with Gasteiger partial charge in [0.1, 0.15) is 11.7 Å². The second kappa shape index (κ2) is 8.75. The Morgan fingerprint density at radius 3 is 2.48 bits per heavy atom. The first-order valence-corrected chi connectivity index (χ1v) is 8.36. The molecule has 27 heavy (non-hydrogen) atoms. The number of carbonyl (C=O) groups is 2. The van der Waals surface area contributed by atoms with Crippen LogP contribution in [-0.2, 0) is 19.1 Å². The molecule has 2 rings (SSSR count). The normalized spacial score (nSPS) is 19.6. The second-order valence-electron chi connectivity index (χ2n) is 5.87. The number of hydrogen-bond donors (Lipinski definition) is 0. The van der Waals surface area contributed by atoms with E-state index in [9.17, 15) is 18.4 Å². The fraction of sp³-hybridized carbons (Fsp3) is 0.421. The van der Waals surface area contributed by atoms with Crippen LogP contribution < -0.4 is 4.74 Å². The Bertz CT molecular complexity index is 788. The van der Waals surface area contributed by atoms with E-state index in [-0.39, 0.29) is 23.5 Å². The molecule has 0 spiro atoms. The molecule has 0 saturated heterocycles. The maximum atomic E-state index is 12.9. The lowest BCUT2D eigenvalue weighted by molar-refractivity contribution is -0.146. The first kappa shape index (κ1) is 20.5. The molecule has 0 aliphatic carbocycles. The molecule has 146 valence electrons. The second-order valence-corrected chi connectivity index (χ2v) is 5.87. The fourth-order valence-electron chi connectivity index (χ4n) is 3.23. The van der Waals surface area contributed by atoms with Crippen molar-refractivity contribution in [3.63, 3.8) is 0 Å². The number of aliphatic imine (C=N–C) groups is 1. The minimum absolute atomic E-state index is 0.103. The number of halogens is 2. The van der Waals surface area contributed by atoms with Gasteiger partial charge < -0.3 is 14.2 Å². The molecule has 0 saturated carbocycles. The molecule has 1 aromatic carbocycles. The van der Waals surface area contributed by atoms with Gasteiger partial charge in [-0.25, -0.2) is 4.79 Å². The molecule has 0 bridgehead atoms. The molecule has 1 aliphatic heterocycles. The van der Waals surface area contributed by atoms with Crippen molar-refractivity contribution in [1.29, 1.82) is 0 Å². The number of rotatable bonds is 6. The van der Waals surface area contributed by atoms with Crippen molar-refractivity contribution in [2.75, 3.05) is 13.7 Å². The molecule has 1 aromatic rings. The highest BCUT2D eigenvalue weighted by Crippen LogP contribution is 2.43. The first-order valence-electron chi connectivity index (χ1n) is 8.36. The van der Waals surface area contributed by atoms with Gasteiger partial charge in [-0.1, -0.05) is 18.2 Å². The van der Waals surface area contributed by atoms with Gasteiger partial charge in [0.25, 0.3) is 0 Å². The number of para-hydroxylation sites is 1. The summed E-state index contributed by atoms with van der Waals surface area (Å²) >= 11 is 0. The van der Waals surface area contributed by atoms with Gasteiger partial charge in [-0.15, -0.1) is 0 Å². The third-order valence-electron chi connectivity index (χ3n) is 4.24. The summed E-state index contributed by atoms with van der Waals surface area (Å²) < 4.78 is 40.4. The highest BCUT2D eigenvalue weighted by atomic mass is 19.3. The zero-order valence-electron chi connectivity index (χ0n) is 15.5. The molecule has 1 aliphatic rings. The molecule has 0 radical (unpaired) electrons. The van der Waals surface area contributed by atoms with Gasteiger partial charge in [0.15, 0.2) is 0 Å². The van der Waals surface area contributed by atoms with Crippen molar-refractivity contribution >= 4 is 17.7 Å². The van der Waals surface area contributed by atoms with E-state index >= 15 is 0 Å². The summed E-state index contributed by atoms with van der Waals surface area (Å²) in [5.74, 6) is -3.33. The number of benzene rings is 1. The molecule has 0 aromatic heterocycles. The summed E-state index contributed by atoms with van der Waals surface area (Å²) in [5.41, 5.74) is 1.11. The maximum Gasteiger partial charge on any atom is 0.387 e. The van der Waals surface area contributed by atoms with E-state index in [0.29, 0.717) is 11.4 Å². The summed E-state index contributed by atoms with van der Waals surface area (Å²) in [6.07, 6.45) is 0. The molecule has 1 unspecified atom stereocenters. The standard InChI is InChI=1S/C19H21F2NO5/c1-5-26-18(24)15-11(3)22-10(2)14(17(23)25-4)16(15)12-8-6-7-9-13(12)27-19(20)21/h6-9,15-16,19H,5H2,1-4H3/t15?,16-/m1/s1. The number of methoxy groups -OCH3 is 1. The highest BCUT2D eigenvalue weighted by molar-refractivity contribution is 6.07. The quantitative estimate of drug-likeness (QED) is 0.706. The topological polar surface area (TPSA) is 74.2 Å². The Morgan fingerprint density at radius 2 is 1.89 bits per heavy atom. The molecule has 0 amide bonds. The SMILES string of the molecule is CCOC(=O)C1C(C)=NC(C)=C(C(=O)OC)[C@H]1c1ccccc1OC(F)F. The molecule has 0 fully saturated rings. The van der Waals surface area contributed by atoms with Crippen LogP contribution in [0.1, 0.15) is 32.3 Å². The largest absolute Gasteiger partial charge is 0.466 e. The van der Waals surface area contributed by atoms with Crippen molar-refractivity contribution in [1.82, 2.24) is 0 Å². The van der Waals surface area contributed by atoms with Gasteiger partial charge >= 0.3 is 18.6 Å². The summed E-state index contributed by atoms with van der Waals surface area (Å²) in [6, 6.07) is 6.03. The van der Waals surface area contributed by atoms with E-state index in [4.69, 9.17) is 9.47 Å². The average molecular weight is 381 g/mol. The number of ether oxygens (including phenoxy) is 3. The van der Waals surface area contributed by atoms with Gasteiger partial charge in [-0.3, -0.25) is 9.79 Å². The minimum Gasteiger partial charge on any atom is -0.466 e. The van der Waals surface area contributed by atoms with Crippen LogP contribution in [-0.4, -0.2) is 38.0 Å². The van der Waals surface area contributed by atoms with Crippen LogP contribution in [0.15, 0.2) is 40.5 Å². The van der Waals surface area contributed by atoms with Crippen LogP contribution in [0.4, 0.5) is 8.78 Å². The van der Waals surface area contributed by atoms with E-state index in [1.54, 1.807) is 26.8 Å². The molecular weight excluding hydrogens is 360 g/mol. The monoisotopic (exact) mass is 381 g/mol. The summed E-state index contributed by atoms with van der Waals surface area (Å²) in [4.78, 5) is 29.3. The molecule has 8 heteroatoms. The smallest absolute Gasteiger partial charge is 0.387 e. The van der Waals surface area contributed by atoms with E-state index in [1.165, 1.54) is 25.3 Å². The van der Waals surface area contributed by atoms with Crippen molar-refractivity contribution in [3.8, 4) is 5.75 Å². The number of hydrogen-bond acceptors (Lipinski definition) is 6. The lowest BCUT2D eigenvalue weighted by Crippen LogP contribution is -2.36. The summed E-state index contributed by atoms with van der Waals surface area (Å²) in [6.45, 7) is 1.94. The summed E-state index contributed by atoms with van der Waals surface area (Å²) in [7, 11) is 1.20.